The van der Waals surface area contributed by atoms with Crippen LogP contribution in [0.2, 0.25) is 0 Å². The molecule has 102 valence electrons. The minimum atomic E-state index is -0.299. The number of nitrogens with one attached hydrogen (secondary N) is 1. The molecule has 0 saturated heterocycles. The molecule has 0 bridgehead atoms. The number of benzene rings is 2. The van der Waals surface area contributed by atoms with Gasteiger partial charge in [-0.25, -0.2) is 4.39 Å². The molecule has 1 N–H and O–H groups in total. The van der Waals surface area contributed by atoms with Crippen molar-refractivity contribution in [3.63, 3.8) is 0 Å². The predicted molar refractivity (Wildman–Crippen MR) is 79.7 cm³/mol. The Morgan fingerprint density at radius 1 is 1.20 bits per heavy atom. The lowest BCUT2D eigenvalue weighted by Gasteiger charge is -2.11. The van der Waals surface area contributed by atoms with Crippen molar-refractivity contribution in [1.82, 2.24) is 9.55 Å². The van der Waals surface area contributed by atoms with Crippen LogP contribution in [0.4, 0.5) is 4.39 Å². The Kier molecular flexibility index (Phi) is 3.06. The maximum absolute atomic E-state index is 13.5. The maximum atomic E-state index is 13.5. The summed E-state index contributed by atoms with van der Waals surface area (Å²) in [5.41, 5.74) is 3.36. The summed E-state index contributed by atoms with van der Waals surface area (Å²) in [6.07, 6.45) is 0. The van der Waals surface area contributed by atoms with Crippen molar-refractivity contribution in [2.75, 3.05) is 7.11 Å². The molecule has 0 aliphatic heterocycles. The SMILES string of the molecule is COc1ccc(C)cc1-n1c(=S)[nH]c2ccc(F)cc21. The van der Waals surface area contributed by atoms with Gasteiger partial charge in [-0.2, -0.15) is 0 Å². The zero-order valence-corrected chi connectivity index (χ0v) is 11.9. The molecule has 0 unspecified atom stereocenters. The van der Waals surface area contributed by atoms with E-state index < -0.39 is 0 Å². The van der Waals surface area contributed by atoms with Gasteiger partial charge in [-0.15, -0.1) is 0 Å². The zero-order chi connectivity index (χ0) is 14.3. The third kappa shape index (κ3) is 2.00. The molecule has 0 saturated carbocycles. The van der Waals surface area contributed by atoms with Crippen LogP contribution in [-0.4, -0.2) is 16.7 Å². The van der Waals surface area contributed by atoms with Crippen molar-refractivity contribution < 1.29 is 9.13 Å². The van der Waals surface area contributed by atoms with E-state index in [1.807, 2.05) is 25.1 Å². The van der Waals surface area contributed by atoms with Crippen LogP contribution >= 0.6 is 12.2 Å². The molecule has 1 heterocycles. The van der Waals surface area contributed by atoms with Crippen LogP contribution in [0, 0.1) is 17.5 Å². The molecule has 0 amide bonds. The Labute approximate surface area is 120 Å². The van der Waals surface area contributed by atoms with Gasteiger partial charge < -0.3 is 9.72 Å². The standard InChI is InChI=1S/C15H13FN2OS/c1-9-3-6-14(19-2)13(7-9)18-12-8-10(16)4-5-11(12)17-15(18)20/h3-8H,1-2H3,(H,17,20). The van der Waals surface area contributed by atoms with E-state index in [0.717, 1.165) is 16.8 Å². The van der Waals surface area contributed by atoms with Gasteiger partial charge in [0, 0.05) is 6.07 Å². The summed E-state index contributed by atoms with van der Waals surface area (Å²) in [4.78, 5) is 3.08. The number of hydrogen-bond donors (Lipinski definition) is 1. The smallest absolute Gasteiger partial charge is 0.182 e. The van der Waals surface area contributed by atoms with Crippen molar-refractivity contribution in [3.8, 4) is 11.4 Å². The monoisotopic (exact) mass is 288 g/mol. The highest BCUT2D eigenvalue weighted by molar-refractivity contribution is 7.71. The third-order valence-electron chi connectivity index (χ3n) is 3.22. The van der Waals surface area contributed by atoms with Gasteiger partial charge in [0.2, 0.25) is 0 Å². The minimum Gasteiger partial charge on any atom is -0.495 e. The third-order valence-corrected chi connectivity index (χ3v) is 3.51. The molecule has 3 aromatic rings. The molecule has 0 atom stereocenters. The topological polar surface area (TPSA) is 29.9 Å². The summed E-state index contributed by atoms with van der Waals surface area (Å²) in [6, 6.07) is 10.4. The first-order chi connectivity index (χ1) is 9.60. The number of ether oxygens (including phenoxy) is 1. The fourth-order valence-electron chi connectivity index (χ4n) is 2.29. The molecule has 2 aromatic carbocycles. The first-order valence-corrected chi connectivity index (χ1v) is 6.56. The van der Waals surface area contributed by atoms with E-state index in [0.29, 0.717) is 16.0 Å². The Bertz CT molecular complexity index is 851. The van der Waals surface area contributed by atoms with E-state index in [2.05, 4.69) is 4.98 Å². The van der Waals surface area contributed by atoms with E-state index in [-0.39, 0.29) is 5.82 Å². The zero-order valence-electron chi connectivity index (χ0n) is 11.1. The van der Waals surface area contributed by atoms with Gasteiger partial charge in [-0.05, 0) is 49.0 Å². The number of rotatable bonds is 2. The van der Waals surface area contributed by atoms with Crippen molar-refractivity contribution in [1.29, 1.82) is 0 Å². The van der Waals surface area contributed by atoms with Gasteiger partial charge in [-0.1, -0.05) is 6.07 Å². The van der Waals surface area contributed by atoms with E-state index in [9.17, 15) is 4.39 Å². The number of hydrogen-bond acceptors (Lipinski definition) is 2. The lowest BCUT2D eigenvalue weighted by atomic mass is 10.2. The van der Waals surface area contributed by atoms with Gasteiger partial charge in [-0.3, -0.25) is 4.57 Å². The summed E-state index contributed by atoms with van der Waals surface area (Å²) in [5.74, 6) is 0.392. The van der Waals surface area contributed by atoms with Gasteiger partial charge >= 0.3 is 0 Å². The fourth-order valence-corrected chi connectivity index (χ4v) is 2.60. The highest BCUT2D eigenvalue weighted by Crippen LogP contribution is 2.28. The number of aromatic nitrogens is 2. The molecule has 0 aliphatic carbocycles. The highest BCUT2D eigenvalue weighted by Gasteiger charge is 2.12. The second-order valence-electron chi connectivity index (χ2n) is 4.60. The molecule has 20 heavy (non-hydrogen) atoms. The molecule has 0 radical (unpaired) electrons. The normalized spacial score (nSPS) is 10.9. The maximum Gasteiger partial charge on any atom is 0.182 e. The number of halogens is 1. The molecule has 3 rings (SSSR count). The van der Waals surface area contributed by atoms with Crippen LogP contribution in [-0.2, 0) is 0 Å². The number of H-pyrrole nitrogens is 1. The summed E-state index contributed by atoms with van der Waals surface area (Å²) in [6.45, 7) is 1.99. The van der Waals surface area contributed by atoms with Crippen molar-refractivity contribution in [2.45, 2.75) is 6.92 Å². The second kappa shape index (κ2) is 4.76. The van der Waals surface area contributed by atoms with Crippen LogP contribution in [0.25, 0.3) is 16.7 Å². The molecule has 5 heteroatoms. The average molecular weight is 288 g/mol. The number of methoxy groups -OCH3 is 1. The van der Waals surface area contributed by atoms with Crippen LogP contribution in [0.5, 0.6) is 5.75 Å². The summed E-state index contributed by atoms with van der Waals surface area (Å²) >= 11 is 5.36. The lowest BCUT2D eigenvalue weighted by Crippen LogP contribution is -1.99. The Balaban J connectivity index is 2.40. The van der Waals surface area contributed by atoms with Crippen LogP contribution < -0.4 is 4.74 Å². The van der Waals surface area contributed by atoms with Crippen LogP contribution in [0.15, 0.2) is 36.4 Å². The van der Waals surface area contributed by atoms with Crippen molar-refractivity contribution >= 4 is 23.3 Å². The Hall–Kier alpha value is -2.14. The van der Waals surface area contributed by atoms with Gasteiger partial charge in [0.25, 0.3) is 0 Å². The van der Waals surface area contributed by atoms with Gasteiger partial charge in [0.15, 0.2) is 4.77 Å². The van der Waals surface area contributed by atoms with E-state index >= 15 is 0 Å². The summed E-state index contributed by atoms with van der Waals surface area (Å²) < 4.78 is 21.2. The number of nitrogens with zero attached hydrogens (tertiary/aromatic N) is 1. The lowest BCUT2D eigenvalue weighted by molar-refractivity contribution is 0.413. The fraction of sp³-hybridized carbons (Fsp3) is 0.133. The summed E-state index contributed by atoms with van der Waals surface area (Å²) in [7, 11) is 1.60. The molecular formula is C15H13FN2OS. The number of imidazole rings is 1. The Morgan fingerprint density at radius 2 is 2.00 bits per heavy atom. The summed E-state index contributed by atoms with van der Waals surface area (Å²) in [5, 5.41) is 0. The molecule has 0 fully saturated rings. The van der Waals surface area contributed by atoms with E-state index in [1.54, 1.807) is 17.7 Å². The van der Waals surface area contributed by atoms with Gasteiger partial charge in [0.05, 0.1) is 23.8 Å². The molecule has 1 aromatic heterocycles. The minimum absolute atomic E-state index is 0.299. The first kappa shape index (κ1) is 12.9. The molecular weight excluding hydrogens is 275 g/mol. The predicted octanol–water partition coefficient (Wildman–Crippen LogP) is 4.14. The highest BCUT2D eigenvalue weighted by atomic mass is 32.1. The second-order valence-corrected chi connectivity index (χ2v) is 4.99. The number of fused-ring (bicyclic) bond motifs is 1. The Morgan fingerprint density at radius 3 is 2.75 bits per heavy atom. The van der Waals surface area contributed by atoms with Crippen molar-refractivity contribution in [2.24, 2.45) is 0 Å². The molecule has 0 aliphatic rings. The first-order valence-electron chi connectivity index (χ1n) is 6.15. The van der Waals surface area contributed by atoms with Crippen LogP contribution in [0.3, 0.4) is 0 Å². The average Bonchev–Trinajstić information content (AvgIpc) is 2.74. The quantitative estimate of drug-likeness (QED) is 0.718. The van der Waals surface area contributed by atoms with Gasteiger partial charge in [0.1, 0.15) is 11.6 Å². The van der Waals surface area contributed by atoms with Crippen LogP contribution in [0.1, 0.15) is 5.56 Å². The number of aromatic amines is 1. The van der Waals surface area contributed by atoms with Crippen molar-refractivity contribution in [3.05, 3.63) is 52.5 Å². The number of aryl methyl sites for hydroxylation is 1. The van der Waals surface area contributed by atoms with E-state index in [1.165, 1.54) is 12.1 Å². The molecule has 3 nitrogen and oxygen atoms in total. The molecule has 0 spiro atoms. The largest absolute Gasteiger partial charge is 0.495 e. The van der Waals surface area contributed by atoms with E-state index in [4.69, 9.17) is 17.0 Å².